The summed E-state index contributed by atoms with van der Waals surface area (Å²) in [5.74, 6) is 0.761. The molecule has 24 heavy (non-hydrogen) atoms. The van der Waals surface area contributed by atoms with Crippen molar-refractivity contribution in [3.05, 3.63) is 0 Å². The fourth-order valence-electron chi connectivity index (χ4n) is 2.80. The molecular formula is C17H35IN4O2. The topological polar surface area (TPSA) is 66.0 Å². The maximum absolute atomic E-state index is 11.1. The van der Waals surface area contributed by atoms with Gasteiger partial charge >= 0.3 is 5.97 Å². The van der Waals surface area contributed by atoms with Gasteiger partial charge < -0.3 is 20.3 Å². The van der Waals surface area contributed by atoms with E-state index in [1.54, 1.807) is 0 Å². The van der Waals surface area contributed by atoms with Crippen molar-refractivity contribution < 1.29 is 9.53 Å². The first kappa shape index (κ1) is 23.4. The zero-order valence-corrected chi connectivity index (χ0v) is 17.8. The van der Waals surface area contributed by atoms with E-state index in [1.165, 1.54) is 46.0 Å². The van der Waals surface area contributed by atoms with Crippen LogP contribution in [0, 0.1) is 0 Å². The molecule has 1 heterocycles. The smallest absolute Gasteiger partial charge is 0.305 e. The van der Waals surface area contributed by atoms with E-state index in [-0.39, 0.29) is 29.9 Å². The second kappa shape index (κ2) is 14.7. The van der Waals surface area contributed by atoms with Gasteiger partial charge in [0.15, 0.2) is 5.96 Å². The zero-order valence-electron chi connectivity index (χ0n) is 15.5. The van der Waals surface area contributed by atoms with Gasteiger partial charge in [-0.25, -0.2) is 0 Å². The Balaban J connectivity index is 0.00000529. The van der Waals surface area contributed by atoms with Crippen LogP contribution in [0.1, 0.15) is 52.4 Å². The first-order valence-corrected chi connectivity index (χ1v) is 9.03. The molecule has 0 amide bonds. The van der Waals surface area contributed by atoms with Crippen LogP contribution in [0.2, 0.25) is 0 Å². The molecule has 1 rings (SSSR count). The molecule has 0 bridgehead atoms. The number of carbonyl (C=O) groups excluding carboxylic acids is 1. The molecule has 0 unspecified atom stereocenters. The normalized spacial score (nSPS) is 16.4. The lowest BCUT2D eigenvalue weighted by molar-refractivity contribution is -0.140. The van der Waals surface area contributed by atoms with Gasteiger partial charge in [-0.2, -0.15) is 0 Å². The van der Waals surface area contributed by atoms with Crippen LogP contribution in [0.25, 0.3) is 0 Å². The SMILES string of the molecule is CCCN1CCC(NC(=NCCCCC(=O)OC)NCC)CC1.I. The van der Waals surface area contributed by atoms with Gasteiger partial charge in [-0.3, -0.25) is 9.79 Å². The fourth-order valence-corrected chi connectivity index (χ4v) is 2.80. The number of esters is 1. The number of piperidine rings is 1. The lowest BCUT2D eigenvalue weighted by Gasteiger charge is -2.32. The van der Waals surface area contributed by atoms with Crippen molar-refractivity contribution in [2.45, 2.75) is 58.4 Å². The van der Waals surface area contributed by atoms with Gasteiger partial charge in [0.05, 0.1) is 7.11 Å². The monoisotopic (exact) mass is 454 g/mol. The van der Waals surface area contributed by atoms with Crippen molar-refractivity contribution in [3.63, 3.8) is 0 Å². The highest BCUT2D eigenvalue weighted by Crippen LogP contribution is 2.10. The quantitative estimate of drug-likeness (QED) is 0.184. The summed E-state index contributed by atoms with van der Waals surface area (Å²) in [5.41, 5.74) is 0. The molecule has 0 radical (unpaired) electrons. The molecule has 0 aromatic heterocycles. The Kier molecular flexibility index (Phi) is 14.4. The van der Waals surface area contributed by atoms with Crippen LogP contribution in [0.4, 0.5) is 0 Å². The second-order valence-corrected chi connectivity index (χ2v) is 6.05. The first-order chi connectivity index (χ1) is 11.2. The highest BCUT2D eigenvalue weighted by molar-refractivity contribution is 14.0. The Morgan fingerprint density at radius 2 is 1.96 bits per heavy atom. The predicted molar refractivity (Wildman–Crippen MR) is 110 cm³/mol. The van der Waals surface area contributed by atoms with Gasteiger partial charge in [-0.05, 0) is 45.6 Å². The van der Waals surface area contributed by atoms with E-state index in [9.17, 15) is 4.79 Å². The van der Waals surface area contributed by atoms with Crippen LogP contribution in [0.15, 0.2) is 4.99 Å². The Bertz CT molecular complexity index is 358. The number of guanidine groups is 1. The van der Waals surface area contributed by atoms with Crippen molar-refractivity contribution in [1.29, 1.82) is 0 Å². The van der Waals surface area contributed by atoms with Crippen molar-refractivity contribution in [1.82, 2.24) is 15.5 Å². The summed E-state index contributed by atoms with van der Waals surface area (Å²) in [6.07, 6.45) is 5.78. The number of aliphatic imine (C=N–C) groups is 1. The van der Waals surface area contributed by atoms with Crippen molar-refractivity contribution in [2.75, 3.05) is 39.8 Å². The van der Waals surface area contributed by atoms with Gasteiger partial charge in [-0.1, -0.05) is 6.92 Å². The minimum Gasteiger partial charge on any atom is -0.469 e. The number of unbranched alkanes of at least 4 members (excludes halogenated alkanes) is 1. The summed E-state index contributed by atoms with van der Waals surface area (Å²) in [5, 5.41) is 6.86. The molecule has 1 fully saturated rings. The number of nitrogens with one attached hydrogen (secondary N) is 2. The number of carbonyl (C=O) groups is 1. The van der Waals surface area contributed by atoms with E-state index >= 15 is 0 Å². The molecule has 7 heteroatoms. The Hall–Kier alpha value is -0.570. The van der Waals surface area contributed by atoms with Gasteiger partial charge in [-0.15, -0.1) is 24.0 Å². The molecule has 0 aliphatic carbocycles. The molecule has 1 aliphatic heterocycles. The molecule has 0 saturated carbocycles. The van der Waals surface area contributed by atoms with Crippen molar-refractivity contribution >= 4 is 35.9 Å². The predicted octanol–water partition coefficient (Wildman–Crippen LogP) is 2.38. The minimum atomic E-state index is -0.141. The summed E-state index contributed by atoms with van der Waals surface area (Å²) in [7, 11) is 1.43. The van der Waals surface area contributed by atoms with E-state index in [2.05, 4.69) is 39.1 Å². The van der Waals surface area contributed by atoms with Crippen LogP contribution in [-0.2, 0) is 9.53 Å². The number of likely N-dealkylation sites (tertiary alicyclic amines) is 1. The third kappa shape index (κ3) is 10.3. The lowest BCUT2D eigenvalue weighted by atomic mass is 10.1. The molecule has 0 aromatic rings. The van der Waals surface area contributed by atoms with Gasteiger partial charge in [0.2, 0.25) is 0 Å². The number of hydrogen-bond acceptors (Lipinski definition) is 4. The minimum absolute atomic E-state index is 0. The number of rotatable bonds is 9. The summed E-state index contributed by atoms with van der Waals surface area (Å²) in [6.45, 7) is 9.47. The number of methoxy groups -OCH3 is 1. The maximum atomic E-state index is 11.1. The van der Waals surface area contributed by atoms with Crippen LogP contribution in [0.5, 0.6) is 0 Å². The first-order valence-electron chi connectivity index (χ1n) is 9.03. The largest absolute Gasteiger partial charge is 0.469 e. The van der Waals surface area contributed by atoms with Gasteiger partial charge in [0, 0.05) is 38.6 Å². The molecule has 1 saturated heterocycles. The van der Waals surface area contributed by atoms with E-state index in [0.717, 1.165) is 31.9 Å². The molecule has 2 N–H and O–H groups in total. The summed E-state index contributed by atoms with van der Waals surface area (Å²) >= 11 is 0. The van der Waals surface area contributed by atoms with Crippen LogP contribution < -0.4 is 10.6 Å². The standard InChI is InChI=1S/C17H34N4O2.HI/c1-4-12-21-13-9-15(10-14-21)20-17(18-5-2)19-11-7-6-8-16(22)23-3;/h15H,4-14H2,1-3H3,(H2,18,19,20);1H. The molecule has 0 atom stereocenters. The second-order valence-electron chi connectivity index (χ2n) is 6.05. The Labute approximate surface area is 164 Å². The molecule has 0 spiro atoms. The van der Waals surface area contributed by atoms with E-state index < -0.39 is 0 Å². The summed E-state index contributed by atoms with van der Waals surface area (Å²) < 4.78 is 4.64. The number of nitrogens with zero attached hydrogens (tertiary/aromatic N) is 2. The molecular weight excluding hydrogens is 419 g/mol. The lowest BCUT2D eigenvalue weighted by Crippen LogP contribution is -2.48. The Morgan fingerprint density at radius 1 is 1.25 bits per heavy atom. The highest BCUT2D eigenvalue weighted by Gasteiger charge is 2.19. The fraction of sp³-hybridized carbons (Fsp3) is 0.882. The maximum Gasteiger partial charge on any atom is 0.305 e. The number of halogens is 1. The van der Waals surface area contributed by atoms with E-state index in [4.69, 9.17) is 0 Å². The third-order valence-electron chi connectivity index (χ3n) is 4.10. The van der Waals surface area contributed by atoms with Crippen LogP contribution in [0.3, 0.4) is 0 Å². The zero-order chi connectivity index (χ0) is 16.9. The average Bonchev–Trinajstić information content (AvgIpc) is 2.56. The van der Waals surface area contributed by atoms with Crippen molar-refractivity contribution in [3.8, 4) is 0 Å². The van der Waals surface area contributed by atoms with E-state index in [0.29, 0.717) is 12.5 Å². The molecule has 1 aliphatic rings. The molecule has 142 valence electrons. The summed E-state index contributed by atoms with van der Waals surface area (Å²) in [4.78, 5) is 18.2. The average molecular weight is 454 g/mol. The molecule has 0 aromatic carbocycles. The third-order valence-corrected chi connectivity index (χ3v) is 4.10. The summed E-state index contributed by atoms with van der Waals surface area (Å²) in [6, 6.07) is 0.510. The van der Waals surface area contributed by atoms with Gasteiger partial charge in [0.25, 0.3) is 0 Å². The van der Waals surface area contributed by atoms with Crippen LogP contribution >= 0.6 is 24.0 Å². The number of ether oxygens (including phenoxy) is 1. The molecule has 6 nitrogen and oxygen atoms in total. The number of hydrogen-bond donors (Lipinski definition) is 2. The highest BCUT2D eigenvalue weighted by atomic mass is 127. The van der Waals surface area contributed by atoms with Crippen LogP contribution in [-0.4, -0.2) is 62.7 Å². The van der Waals surface area contributed by atoms with Gasteiger partial charge in [0.1, 0.15) is 0 Å². The van der Waals surface area contributed by atoms with Crippen molar-refractivity contribution in [2.24, 2.45) is 4.99 Å². The Morgan fingerprint density at radius 3 is 2.54 bits per heavy atom. The van der Waals surface area contributed by atoms with E-state index in [1.807, 2.05) is 0 Å².